The van der Waals surface area contributed by atoms with Crippen LogP contribution in [0, 0.1) is 6.92 Å². The lowest BCUT2D eigenvalue weighted by atomic mass is 9.91. The number of carbonyl (C=O) groups is 3. The Hall–Kier alpha value is -2.95. The van der Waals surface area contributed by atoms with Gasteiger partial charge in [0.05, 0.1) is 0 Å². The molecule has 5 heteroatoms. The van der Waals surface area contributed by atoms with E-state index in [0.717, 1.165) is 10.5 Å². The maximum Gasteiger partial charge on any atom is 0.325 e. The van der Waals surface area contributed by atoms with Crippen molar-refractivity contribution in [2.75, 3.05) is 0 Å². The summed E-state index contributed by atoms with van der Waals surface area (Å²) >= 11 is 0. The monoisotopic (exact) mass is 336 g/mol. The predicted molar refractivity (Wildman–Crippen MR) is 94.1 cm³/mol. The van der Waals surface area contributed by atoms with Crippen molar-refractivity contribution in [2.24, 2.45) is 0 Å². The lowest BCUT2D eigenvalue weighted by molar-refractivity contribution is -0.131. The van der Waals surface area contributed by atoms with Crippen LogP contribution in [0.3, 0.4) is 0 Å². The molecule has 25 heavy (non-hydrogen) atoms. The van der Waals surface area contributed by atoms with Crippen LogP contribution in [0.25, 0.3) is 0 Å². The summed E-state index contributed by atoms with van der Waals surface area (Å²) < 4.78 is 0. The van der Waals surface area contributed by atoms with Crippen LogP contribution in [-0.2, 0) is 10.3 Å². The molecule has 128 valence electrons. The second kappa shape index (κ2) is 6.16. The zero-order valence-electron chi connectivity index (χ0n) is 14.4. The summed E-state index contributed by atoms with van der Waals surface area (Å²) in [7, 11) is 0. The van der Waals surface area contributed by atoms with E-state index in [4.69, 9.17) is 0 Å². The molecule has 1 aliphatic rings. The molecule has 2 atom stereocenters. The Balaban J connectivity index is 1.90. The van der Waals surface area contributed by atoms with Gasteiger partial charge in [0.2, 0.25) is 0 Å². The molecule has 3 amide bonds. The fraction of sp³-hybridized carbons (Fsp3) is 0.250. The number of ketones is 1. The fourth-order valence-electron chi connectivity index (χ4n) is 3.06. The van der Waals surface area contributed by atoms with E-state index >= 15 is 0 Å². The first-order valence-corrected chi connectivity index (χ1v) is 8.17. The Bertz CT molecular complexity index is 830. The van der Waals surface area contributed by atoms with E-state index in [-0.39, 0.29) is 5.78 Å². The van der Waals surface area contributed by atoms with Crippen molar-refractivity contribution >= 4 is 17.7 Å². The third kappa shape index (κ3) is 2.82. The summed E-state index contributed by atoms with van der Waals surface area (Å²) in [5, 5.41) is 2.73. The number of urea groups is 1. The van der Waals surface area contributed by atoms with Crippen LogP contribution in [0.15, 0.2) is 54.6 Å². The van der Waals surface area contributed by atoms with Gasteiger partial charge in [0.25, 0.3) is 5.91 Å². The number of nitrogens with zero attached hydrogens (tertiary/aromatic N) is 1. The van der Waals surface area contributed by atoms with Crippen molar-refractivity contribution in [2.45, 2.75) is 32.4 Å². The zero-order chi connectivity index (χ0) is 18.2. The van der Waals surface area contributed by atoms with Gasteiger partial charge in [-0.1, -0.05) is 60.2 Å². The van der Waals surface area contributed by atoms with Crippen LogP contribution < -0.4 is 5.32 Å². The normalized spacial score (nSPS) is 21.2. The molecule has 5 nitrogen and oxygen atoms in total. The van der Waals surface area contributed by atoms with Gasteiger partial charge in [-0.25, -0.2) is 4.79 Å². The maximum atomic E-state index is 13.0. The molecule has 0 unspecified atom stereocenters. The van der Waals surface area contributed by atoms with Crippen molar-refractivity contribution < 1.29 is 14.4 Å². The van der Waals surface area contributed by atoms with Crippen LogP contribution in [-0.4, -0.2) is 28.7 Å². The van der Waals surface area contributed by atoms with Gasteiger partial charge in [0.1, 0.15) is 11.6 Å². The van der Waals surface area contributed by atoms with Crippen molar-refractivity contribution in [3.63, 3.8) is 0 Å². The Morgan fingerprint density at radius 3 is 2.24 bits per heavy atom. The number of hydrogen-bond acceptors (Lipinski definition) is 3. The number of imide groups is 1. The number of Topliss-reactive ketones (excluding diaryl/α,β-unsaturated/α-hetero) is 1. The molecule has 0 spiro atoms. The van der Waals surface area contributed by atoms with E-state index in [0.29, 0.717) is 11.1 Å². The van der Waals surface area contributed by atoms with Gasteiger partial charge in [-0.2, -0.15) is 0 Å². The average molecular weight is 336 g/mol. The van der Waals surface area contributed by atoms with Crippen LogP contribution in [0.4, 0.5) is 4.79 Å². The minimum atomic E-state index is -1.17. The van der Waals surface area contributed by atoms with Gasteiger partial charge >= 0.3 is 6.03 Å². The highest BCUT2D eigenvalue weighted by molar-refractivity contribution is 6.12. The summed E-state index contributed by atoms with van der Waals surface area (Å²) in [6.07, 6.45) is 0. The lowest BCUT2D eigenvalue weighted by Gasteiger charge is -2.24. The maximum absolute atomic E-state index is 13.0. The van der Waals surface area contributed by atoms with Crippen LogP contribution in [0.1, 0.15) is 35.3 Å². The van der Waals surface area contributed by atoms with Gasteiger partial charge in [-0.05, 0) is 26.3 Å². The van der Waals surface area contributed by atoms with E-state index in [9.17, 15) is 14.4 Å². The van der Waals surface area contributed by atoms with Gasteiger partial charge in [-0.3, -0.25) is 14.5 Å². The number of nitrogens with one attached hydrogen (secondary N) is 1. The number of hydrogen-bond donors (Lipinski definition) is 1. The average Bonchev–Trinajstić information content (AvgIpc) is 2.85. The molecule has 0 bridgehead atoms. The summed E-state index contributed by atoms with van der Waals surface area (Å²) in [5.41, 5.74) is 1.04. The van der Waals surface area contributed by atoms with Crippen molar-refractivity contribution in [3.05, 3.63) is 71.3 Å². The molecule has 1 fully saturated rings. The van der Waals surface area contributed by atoms with Gasteiger partial charge in [0, 0.05) is 5.56 Å². The molecule has 2 aromatic rings. The third-order valence-electron chi connectivity index (χ3n) is 4.68. The predicted octanol–water partition coefficient (Wildman–Crippen LogP) is 3.03. The highest BCUT2D eigenvalue weighted by atomic mass is 16.2. The number of carbonyl (C=O) groups excluding carboxylic acids is 3. The summed E-state index contributed by atoms with van der Waals surface area (Å²) in [6, 6.07) is 14.7. The first-order chi connectivity index (χ1) is 11.8. The lowest BCUT2D eigenvalue weighted by Crippen LogP contribution is -2.45. The summed E-state index contributed by atoms with van der Waals surface area (Å²) in [5.74, 6) is -0.683. The van der Waals surface area contributed by atoms with Gasteiger partial charge in [0.15, 0.2) is 5.78 Å². The minimum Gasteiger partial charge on any atom is -0.319 e. The molecule has 1 heterocycles. The molecule has 0 saturated carbocycles. The van der Waals surface area contributed by atoms with Crippen molar-refractivity contribution in [1.82, 2.24) is 10.2 Å². The summed E-state index contributed by atoms with van der Waals surface area (Å²) in [6.45, 7) is 5.17. The smallest absolute Gasteiger partial charge is 0.319 e. The molecule has 1 aliphatic heterocycles. The van der Waals surface area contributed by atoms with Crippen molar-refractivity contribution in [1.29, 1.82) is 0 Å². The molecule has 0 aromatic heterocycles. The molecule has 0 radical (unpaired) electrons. The van der Waals surface area contributed by atoms with Gasteiger partial charge in [-0.15, -0.1) is 0 Å². The van der Waals surface area contributed by atoms with E-state index < -0.39 is 23.5 Å². The van der Waals surface area contributed by atoms with E-state index in [1.165, 1.54) is 0 Å². The first kappa shape index (κ1) is 16.9. The SMILES string of the molecule is Cc1ccc(C(=O)[C@@H](C)N2C(=O)N[C@](C)(c3ccccc3)C2=O)cc1. The molecule has 1 saturated heterocycles. The number of amides is 3. The molecular weight excluding hydrogens is 316 g/mol. The third-order valence-corrected chi connectivity index (χ3v) is 4.68. The van der Waals surface area contributed by atoms with Crippen LogP contribution in [0.5, 0.6) is 0 Å². The van der Waals surface area contributed by atoms with E-state index in [2.05, 4.69) is 5.32 Å². The minimum absolute atomic E-state index is 0.263. The molecule has 3 rings (SSSR count). The van der Waals surface area contributed by atoms with E-state index in [1.807, 2.05) is 37.3 Å². The Kier molecular flexibility index (Phi) is 4.17. The number of rotatable bonds is 4. The van der Waals surface area contributed by atoms with Crippen LogP contribution in [0.2, 0.25) is 0 Å². The van der Waals surface area contributed by atoms with Gasteiger partial charge < -0.3 is 5.32 Å². The Labute approximate surface area is 146 Å². The highest BCUT2D eigenvalue weighted by Crippen LogP contribution is 2.30. The molecule has 0 aliphatic carbocycles. The van der Waals surface area contributed by atoms with Crippen molar-refractivity contribution in [3.8, 4) is 0 Å². The quantitative estimate of drug-likeness (QED) is 0.689. The largest absolute Gasteiger partial charge is 0.325 e. The number of aryl methyl sites for hydroxylation is 1. The number of benzene rings is 2. The fourth-order valence-corrected chi connectivity index (χ4v) is 3.06. The first-order valence-electron chi connectivity index (χ1n) is 8.17. The Morgan fingerprint density at radius 1 is 1.04 bits per heavy atom. The summed E-state index contributed by atoms with van der Waals surface area (Å²) in [4.78, 5) is 39.1. The standard InChI is InChI=1S/C20H20N2O3/c1-13-9-11-15(12-10-13)17(23)14(2)22-18(24)20(3,21-19(22)25)16-7-5-4-6-8-16/h4-12,14H,1-3H3,(H,21,25)/t14-,20-/m1/s1. The molecular formula is C20H20N2O3. The second-order valence-corrected chi connectivity index (χ2v) is 6.50. The second-order valence-electron chi connectivity index (χ2n) is 6.50. The Morgan fingerprint density at radius 2 is 1.64 bits per heavy atom. The van der Waals surface area contributed by atoms with E-state index in [1.54, 1.807) is 38.1 Å². The molecule has 1 N–H and O–H groups in total. The van der Waals surface area contributed by atoms with Crippen LogP contribution >= 0.6 is 0 Å². The molecule has 2 aromatic carbocycles. The zero-order valence-corrected chi connectivity index (χ0v) is 14.4. The highest BCUT2D eigenvalue weighted by Gasteiger charge is 2.51. The topological polar surface area (TPSA) is 66.5 Å².